The van der Waals surface area contributed by atoms with Gasteiger partial charge in [-0.15, -0.1) is 0 Å². The lowest BCUT2D eigenvalue weighted by molar-refractivity contribution is -0.138. The van der Waals surface area contributed by atoms with Crippen LogP contribution in [-0.2, 0) is 23.9 Å². The maximum atomic E-state index is 13.4. The average molecular weight is 445 g/mol. The largest absolute Gasteiger partial charge is 0.496 e. The van der Waals surface area contributed by atoms with Crippen LogP contribution >= 0.6 is 0 Å². The van der Waals surface area contributed by atoms with Crippen LogP contribution in [0.2, 0.25) is 0 Å². The number of aliphatic carboxylic acids is 1. The molecule has 0 heterocycles. The van der Waals surface area contributed by atoms with E-state index >= 15 is 0 Å². The molecule has 0 bridgehead atoms. The molecule has 2 aromatic carbocycles. The van der Waals surface area contributed by atoms with Gasteiger partial charge in [0.2, 0.25) is 0 Å². The SMILES string of the molecule is COc1ccc(CC(=O)O)cc1-c1ccc(C(F)(F)F)cc1CNCCC1C=CC=CC1. The summed E-state index contributed by atoms with van der Waals surface area (Å²) in [5, 5.41) is 12.4. The zero-order valence-corrected chi connectivity index (χ0v) is 17.8. The molecule has 0 saturated carbocycles. The number of halogens is 3. The molecule has 1 unspecified atom stereocenters. The number of methoxy groups -OCH3 is 1. The third-order valence-electron chi connectivity index (χ3n) is 5.42. The maximum Gasteiger partial charge on any atom is 0.416 e. The van der Waals surface area contributed by atoms with Crippen LogP contribution in [0.3, 0.4) is 0 Å². The van der Waals surface area contributed by atoms with Gasteiger partial charge < -0.3 is 15.2 Å². The Balaban J connectivity index is 1.88. The number of hydrogen-bond acceptors (Lipinski definition) is 3. The van der Waals surface area contributed by atoms with Crippen LogP contribution in [0.5, 0.6) is 5.75 Å². The summed E-state index contributed by atoms with van der Waals surface area (Å²) >= 11 is 0. The third kappa shape index (κ3) is 6.23. The first-order chi connectivity index (χ1) is 15.3. The van der Waals surface area contributed by atoms with Gasteiger partial charge in [0.05, 0.1) is 19.1 Å². The summed E-state index contributed by atoms with van der Waals surface area (Å²) in [7, 11) is 1.48. The highest BCUT2D eigenvalue weighted by atomic mass is 19.4. The number of ether oxygens (including phenoxy) is 1. The van der Waals surface area contributed by atoms with E-state index in [4.69, 9.17) is 9.84 Å². The topological polar surface area (TPSA) is 58.6 Å². The molecule has 7 heteroatoms. The second-order valence-electron chi connectivity index (χ2n) is 7.75. The number of carbonyl (C=O) groups is 1. The first kappa shape index (κ1) is 23.6. The summed E-state index contributed by atoms with van der Waals surface area (Å²) in [5.41, 5.74) is 1.44. The van der Waals surface area contributed by atoms with E-state index in [1.54, 1.807) is 18.2 Å². The van der Waals surface area contributed by atoms with Crippen molar-refractivity contribution in [3.63, 3.8) is 0 Å². The van der Waals surface area contributed by atoms with Crippen LogP contribution in [0.4, 0.5) is 13.2 Å². The molecule has 2 aromatic rings. The fraction of sp³-hybridized carbons (Fsp3) is 0.320. The van der Waals surface area contributed by atoms with Crippen LogP contribution in [-0.4, -0.2) is 24.7 Å². The van der Waals surface area contributed by atoms with E-state index in [9.17, 15) is 18.0 Å². The molecule has 0 aromatic heterocycles. The van der Waals surface area contributed by atoms with Crippen LogP contribution in [0.25, 0.3) is 11.1 Å². The molecule has 2 N–H and O–H groups in total. The van der Waals surface area contributed by atoms with Crippen molar-refractivity contribution in [2.24, 2.45) is 5.92 Å². The Bertz CT molecular complexity index is 1010. The van der Waals surface area contributed by atoms with Gasteiger partial charge in [0.15, 0.2) is 0 Å². The molecular formula is C25H26F3NO3. The number of benzene rings is 2. The molecule has 0 aliphatic heterocycles. The second-order valence-corrected chi connectivity index (χ2v) is 7.75. The van der Waals surface area contributed by atoms with E-state index in [2.05, 4.69) is 17.5 Å². The monoisotopic (exact) mass is 445 g/mol. The van der Waals surface area contributed by atoms with Crippen molar-refractivity contribution in [2.45, 2.75) is 32.0 Å². The molecule has 0 fully saturated rings. The Morgan fingerprint density at radius 2 is 1.97 bits per heavy atom. The quantitative estimate of drug-likeness (QED) is 0.492. The first-order valence-corrected chi connectivity index (χ1v) is 10.4. The highest BCUT2D eigenvalue weighted by Gasteiger charge is 2.31. The Morgan fingerprint density at radius 1 is 1.16 bits per heavy atom. The second kappa shape index (κ2) is 10.5. The summed E-state index contributed by atoms with van der Waals surface area (Å²) in [6, 6.07) is 8.57. The molecule has 0 amide bonds. The minimum absolute atomic E-state index is 0.186. The number of nitrogens with one attached hydrogen (secondary N) is 1. The van der Waals surface area contributed by atoms with Crippen molar-refractivity contribution in [3.8, 4) is 16.9 Å². The van der Waals surface area contributed by atoms with Crippen LogP contribution in [0, 0.1) is 5.92 Å². The van der Waals surface area contributed by atoms with Crippen molar-refractivity contribution < 1.29 is 27.8 Å². The Kier molecular flexibility index (Phi) is 7.75. The van der Waals surface area contributed by atoms with E-state index in [1.807, 2.05) is 12.2 Å². The van der Waals surface area contributed by atoms with Gasteiger partial charge >= 0.3 is 12.1 Å². The fourth-order valence-electron chi connectivity index (χ4n) is 3.79. The first-order valence-electron chi connectivity index (χ1n) is 10.4. The highest BCUT2D eigenvalue weighted by molar-refractivity contribution is 5.77. The summed E-state index contributed by atoms with van der Waals surface area (Å²) in [5.74, 6) is -0.0948. The average Bonchev–Trinajstić information content (AvgIpc) is 2.76. The van der Waals surface area contributed by atoms with Crippen LogP contribution in [0.1, 0.15) is 29.5 Å². The normalized spacial score (nSPS) is 15.7. The predicted octanol–water partition coefficient (Wildman–Crippen LogP) is 5.62. The molecule has 0 radical (unpaired) electrons. The van der Waals surface area contributed by atoms with E-state index in [1.165, 1.54) is 13.2 Å². The van der Waals surface area contributed by atoms with Gasteiger partial charge in [0.25, 0.3) is 0 Å². The Morgan fingerprint density at radius 3 is 2.62 bits per heavy atom. The fourth-order valence-corrected chi connectivity index (χ4v) is 3.79. The summed E-state index contributed by atoms with van der Waals surface area (Å²) in [4.78, 5) is 11.1. The van der Waals surface area contributed by atoms with E-state index < -0.39 is 17.7 Å². The number of carboxylic acids is 1. The molecule has 32 heavy (non-hydrogen) atoms. The maximum absolute atomic E-state index is 13.4. The number of alkyl halides is 3. The smallest absolute Gasteiger partial charge is 0.416 e. The van der Waals surface area contributed by atoms with E-state index in [-0.39, 0.29) is 13.0 Å². The van der Waals surface area contributed by atoms with Crippen molar-refractivity contribution in [2.75, 3.05) is 13.7 Å². The number of allylic oxidation sites excluding steroid dienone is 4. The zero-order valence-electron chi connectivity index (χ0n) is 17.8. The lowest BCUT2D eigenvalue weighted by Gasteiger charge is -2.18. The number of carboxylic acid groups (broad SMARTS) is 1. The van der Waals surface area contributed by atoms with Crippen LogP contribution in [0.15, 0.2) is 60.7 Å². The molecular weight excluding hydrogens is 419 g/mol. The van der Waals surface area contributed by atoms with Crippen molar-refractivity contribution in [1.82, 2.24) is 5.32 Å². The van der Waals surface area contributed by atoms with Crippen molar-refractivity contribution in [1.29, 1.82) is 0 Å². The van der Waals surface area contributed by atoms with Gasteiger partial charge in [0, 0.05) is 12.1 Å². The van der Waals surface area contributed by atoms with Gasteiger partial charge in [-0.05, 0) is 66.3 Å². The minimum Gasteiger partial charge on any atom is -0.496 e. The molecule has 1 aliphatic rings. The minimum atomic E-state index is -4.46. The third-order valence-corrected chi connectivity index (χ3v) is 5.42. The van der Waals surface area contributed by atoms with Gasteiger partial charge in [-0.2, -0.15) is 13.2 Å². The van der Waals surface area contributed by atoms with E-state index in [0.29, 0.717) is 40.5 Å². The summed E-state index contributed by atoms with van der Waals surface area (Å²) in [6.45, 7) is 0.909. The van der Waals surface area contributed by atoms with Crippen LogP contribution < -0.4 is 10.1 Å². The molecule has 0 spiro atoms. The molecule has 1 aliphatic carbocycles. The molecule has 3 rings (SSSR count). The van der Waals surface area contributed by atoms with Crippen molar-refractivity contribution in [3.05, 3.63) is 77.4 Å². The zero-order chi connectivity index (χ0) is 23.1. The van der Waals surface area contributed by atoms with E-state index in [0.717, 1.165) is 25.0 Å². The molecule has 4 nitrogen and oxygen atoms in total. The van der Waals surface area contributed by atoms with Gasteiger partial charge in [-0.25, -0.2) is 0 Å². The van der Waals surface area contributed by atoms with Gasteiger partial charge in [-0.1, -0.05) is 36.4 Å². The standard InChI is InChI=1S/C25H26F3NO3/c1-32-23-10-7-18(14-24(30)31)13-22(23)21-9-8-20(25(26,27)28)15-19(21)16-29-12-11-17-5-3-2-4-6-17/h2-5,7-10,13,15,17,29H,6,11-12,14,16H2,1H3,(H,30,31). The molecule has 170 valence electrons. The van der Waals surface area contributed by atoms with Crippen molar-refractivity contribution >= 4 is 5.97 Å². The Labute approximate surface area is 185 Å². The lowest BCUT2D eigenvalue weighted by Crippen LogP contribution is -2.18. The lowest BCUT2D eigenvalue weighted by atomic mass is 9.94. The summed E-state index contributed by atoms with van der Waals surface area (Å²) < 4.78 is 45.5. The Hall–Kier alpha value is -3.06. The number of rotatable bonds is 9. The predicted molar refractivity (Wildman–Crippen MR) is 117 cm³/mol. The molecule has 1 atom stereocenters. The highest BCUT2D eigenvalue weighted by Crippen LogP contribution is 2.37. The summed E-state index contributed by atoms with van der Waals surface area (Å²) in [6.07, 6.45) is 5.45. The molecule has 0 saturated heterocycles. The number of hydrogen-bond donors (Lipinski definition) is 2. The van der Waals surface area contributed by atoms with Gasteiger partial charge in [-0.3, -0.25) is 4.79 Å². The van der Waals surface area contributed by atoms with Gasteiger partial charge in [0.1, 0.15) is 5.75 Å².